The molecule has 0 spiro atoms. The zero-order chi connectivity index (χ0) is 9.80. The van der Waals surface area contributed by atoms with Crippen LogP contribution in [0.15, 0.2) is 24.3 Å². The van der Waals surface area contributed by atoms with E-state index in [0.717, 1.165) is 12.3 Å². The fourth-order valence-corrected chi connectivity index (χ4v) is 2.59. The average Bonchev–Trinajstić information content (AvgIpc) is 2.30. The minimum atomic E-state index is 0.514. The third-order valence-corrected chi connectivity index (χ3v) is 3.50. The summed E-state index contributed by atoms with van der Waals surface area (Å²) in [5, 5.41) is 3.51. The summed E-state index contributed by atoms with van der Waals surface area (Å²) in [7, 11) is 1.70. The van der Waals surface area contributed by atoms with E-state index in [2.05, 4.69) is 17.4 Å². The maximum Gasteiger partial charge on any atom is 0.118 e. The second-order valence-corrected chi connectivity index (χ2v) is 4.50. The van der Waals surface area contributed by atoms with Crippen LogP contribution in [0.4, 0.5) is 0 Å². The first-order valence-electron chi connectivity index (χ1n) is 4.85. The third-order valence-electron chi connectivity index (χ3n) is 2.44. The first kappa shape index (κ1) is 9.87. The molecule has 1 N–H and O–H groups in total. The zero-order valence-electron chi connectivity index (χ0n) is 8.32. The maximum atomic E-state index is 5.13. The Balaban J connectivity index is 2.07. The van der Waals surface area contributed by atoms with Crippen molar-refractivity contribution >= 4 is 11.8 Å². The van der Waals surface area contributed by atoms with Crippen molar-refractivity contribution in [1.29, 1.82) is 0 Å². The molecule has 14 heavy (non-hydrogen) atoms. The van der Waals surface area contributed by atoms with Crippen molar-refractivity contribution in [2.75, 3.05) is 25.2 Å². The molecule has 2 nitrogen and oxygen atoms in total. The summed E-state index contributed by atoms with van der Waals surface area (Å²) in [6.07, 6.45) is 0. The Morgan fingerprint density at radius 3 is 2.71 bits per heavy atom. The highest BCUT2D eigenvalue weighted by Crippen LogP contribution is 2.23. The molecule has 1 saturated heterocycles. The predicted octanol–water partition coefficient (Wildman–Crippen LogP) is 2.07. The van der Waals surface area contributed by atoms with Gasteiger partial charge in [0.2, 0.25) is 0 Å². The maximum absolute atomic E-state index is 5.13. The van der Waals surface area contributed by atoms with Gasteiger partial charge in [0.15, 0.2) is 0 Å². The molecule has 1 aromatic carbocycles. The van der Waals surface area contributed by atoms with Crippen LogP contribution in [0, 0.1) is 0 Å². The van der Waals surface area contributed by atoms with Gasteiger partial charge in [0.1, 0.15) is 5.75 Å². The SMILES string of the molecule is COc1ccc([C@@H]2CSCCN2)cc1. The molecule has 0 bridgehead atoms. The number of rotatable bonds is 2. The highest BCUT2D eigenvalue weighted by Gasteiger charge is 2.14. The molecule has 2 rings (SSSR count). The normalized spacial score (nSPS) is 21.9. The van der Waals surface area contributed by atoms with Crippen LogP contribution >= 0.6 is 11.8 Å². The highest BCUT2D eigenvalue weighted by molar-refractivity contribution is 7.99. The lowest BCUT2D eigenvalue weighted by Gasteiger charge is -2.23. The fraction of sp³-hybridized carbons (Fsp3) is 0.455. The number of thioether (sulfide) groups is 1. The Bertz CT molecular complexity index is 280. The van der Waals surface area contributed by atoms with E-state index >= 15 is 0 Å². The summed E-state index contributed by atoms with van der Waals surface area (Å²) < 4.78 is 5.13. The summed E-state index contributed by atoms with van der Waals surface area (Å²) in [5.41, 5.74) is 1.36. The molecule has 1 aliphatic heterocycles. The monoisotopic (exact) mass is 209 g/mol. The molecule has 1 heterocycles. The zero-order valence-corrected chi connectivity index (χ0v) is 9.14. The molecule has 0 amide bonds. The van der Waals surface area contributed by atoms with Gasteiger partial charge in [0.05, 0.1) is 7.11 Å². The topological polar surface area (TPSA) is 21.3 Å². The van der Waals surface area contributed by atoms with E-state index in [-0.39, 0.29) is 0 Å². The molecule has 3 heteroatoms. The van der Waals surface area contributed by atoms with E-state index in [9.17, 15) is 0 Å². The van der Waals surface area contributed by atoms with Gasteiger partial charge in [-0.25, -0.2) is 0 Å². The van der Waals surface area contributed by atoms with Crippen LogP contribution in [0.1, 0.15) is 11.6 Å². The number of nitrogens with one attached hydrogen (secondary N) is 1. The Kier molecular flexibility index (Phi) is 3.32. The van der Waals surface area contributed by atoms with Crippen LogP contribution in [-0.4, -0.2) is 25.2 Å². The van der Waals surface area contributed by atoms with Crippen LogP contribution in [-0.2, 0) is 0 Å². The minimum Gasteiger partial charge on any atom is -0.497 e. The molecule has 0 unspecified atom stereocenters. The van der Waals surface area contributed by atoms with Gasteiger partial charge in [-0.05, 0) is 17.7 Å². The van der Waals surface area contributed by atoms with Gasteiger partial charge in [-0.1, -0.05) is 12.1 Å². The van der Waals surface area contributed by atoms with Crippen molar-refractivity contribution in [3.8, 4) is 5.75 Å². The predicted molar refractivity (Wildman–Crippen MR) is 61.1 cm³/mol. The second-order valence-electron chi connectivity index (χ2n) is 3.35. The van der Waals surface area contributed by atoms with Crippen molar-refractivity contribution in [2.24, 2.45) is 0 Å². The smallest absolute Gasteiger partial charge is 0.118 e. The van der Waals surface area contributed by atoms with Crippen molar-refractivity contribution in [3.05, 3.63) is 29.8 Å². The number of methoxy groups -OCH3 is 1. The first-order chi connectivity index (χ1) is 6.90. The molecule has 1 fully saturated rings. The Morgan fingerprint density at radius 1 is 1.36 bits per heavy atom. The van der Waals surface area contributed by atoms with Crippen LogP contribution in [0.5, 0.6) is 5.75 Å². The summed E-state index contributed by atoms with van der Waals surface area (Å²) in [5.74, 6) is 3.33. The van der Waals surface area contributed by atoms with Gasteiger partial charge in [-0.3, -0.25) is 0 Å². The Hall–Kier alpha value is -0.670. The quantitative estimate of drug-likeness (QED) is 0.805. The minimum absolute atomic E-state index is 0.514. The van der Waals surface area contributed by atoms with Gasteiger partial charge in [0.25, 0.3) is 0 Å². The van der Waals surface area contributed by atoms with Gasteiger partial charge in [0, 0.05) is 24.1 Å². The van der Waals surface area contributed by atoms with E-state index in [1.165, 1.54) is 17.1 Å². The Morgan fingerprint density at radius 2 is 2.14 bits per heavy atom. The van der Waals surface area contributed by atoms with Crippen molar-refractivity contribution in [2.45, 2.75) is 6.04 Å². The third kappa shape index (κ3) is 2.22. The van der Waals surface area contributed by atoms with Gasteiger partial charge < -0.3 is 10.1 Å². The van der Waals surface area contributed by atoms with Gasteiger partial charge >= 0.3 is 0 Å². The van der Waals surface area contributed by atoms with Crippen molar-refractivity contribution in [3.63, 3.8) is 0 Å². The number of hydrogen-bond donors (Lipinski definition) is 1. The lowest BCUT2D eigenvalue weighted by Crippen LogP contribution is -2.30. The fourth-order valence-electron chi connectivity index (χ4n) is 1.62. The molecule has 76 valence electrons. The van der Waals surface area contributed by atoms with E-state index in [1.807, 2.05) is 23.9 Å². The lowest BCUT2D eigenvalue weighted by atomic mass is 10.1. The van der Waals surface area contributed by atoms with E-state index in [1.54, 1.807) is 7.11 Å². The molecule has 1 aromatic rings. The van der Waals surface area contributed by atoms with Crippen LogP contribution in [0.2, 0.25) is 0 Å². The summed E-state index contributed by atoms with van der Waals surface area (Å²) in [4.78, 5) is 0. The summed E-state index contributed by atoms with van der Waals surface area (Å²) in [6.45, 7) is 1.11. The van der Waals surface area contributed by atoms with Crippen molar-refractivity contribution < 1.29 is 4.74 Å². The van der Waals surface area contributed by atoms with Crippen molar-refractivity contribution in [1.82, 2.24) is 5.32 Å². The summed E-state index contributed by atoms with van der Waals surface area (Å²) >= 11 is 2.01. The van der Waals surface area contributed by atoms with Gasteiger partial charge in [-0.2, -0.15) is 11.8 Å². The molecular formula is C11H15NOS. The molecule has 0 aliphatic carbocycles. The first-order valence-corrected chi connectivity index (χ1v) is 6.00. The summed E-state index contributed by atoms with van der Waals surface area (Å²) in [6, 6.07) is 8.84. The Labute approximate surface area is 89.0 Å². The second kappa shape index (κ2) is 4.71. The van der Waals surface area contributed by atoms with Crippen LogP contribution in [0.3, 0.4) is 0 Å². The highest BCUT2D eigenvalue weighted by atomic mass is 32.2. The standard InChI is InChI=1S/C11H15NOS/c1-13-10-4-2-9(3-5-10)11-8-14-7-6-12-11/h2-5,11-12H,6-8H2,1H3/t11-/m0/s1. The number of ether oxygens (including phenoxy) is 1. The molecule has 0 saturated carbocycles. The van der Waals surface area contributed by atoms with E-state index < -0.39 is 0 Å². The lowest BCUT2D eigenvalue weighted by molar-refractivity contribution is 0.414. The number of hydrogen-bond acceptors (Lipinski definition) is 3. The van der Waals surface area contributed by atoms with Gasteiger partial charge in [-0.15, -0.1) is 0 Å². The molecule has 1 atom stereocenters. The van der Waals surface area contributed by atoms with Crippen LogP contribution in [0.25, 0.3) is 0 Å². The molecule has 1 aliphatic rings. The average molecular weight is 209 g/mol. The molecular weight excluding hydrogens is 194 g/mol. The van der Waals surface area contributed by atoms with E-state index in [0.29, 0.717) is 6.04 Å². The largest absolute Gasteiger partial charge is 0.497 e. The van der Waals surface area contributed by atoms with E-state index in [4.69, 9.17) is 4.74 Å². The number of benzene rings is 1. The van der Waals surface area contributed by atoms with Crippen LogP contribution < -0.4 is 10.1 Å². The molecule has 0 radical (unpaired) electrons. The molecule has 0 aromatic heterocycles.